The number of rotatable bonds is 11. The lowest BCUT2D eigenvalue weighted by Crippen LogP contribution is -2.11. The van der Waals surface area contributed by atoms with Crippen molar-refractivity contribution in [3.63, 3.8) is 0 Å². The Morgan fingerprint density at radius 2 is 1.21 bits per heavy atom. The third kappa shape index (κ3) is 9.22. The Morgan fingerprint density at radius 1 is 0.614 bits per heavy atom. The molecule has 57 heavy (non-hydrogen) atoms. The Balaban J connectivity index is 1.22. The first-order valence-corrected chi connectivity index (χ1v) is 19.7. The number of ether oxygens (including phenoxy) is 1. The van der Waals surface area contributed by atoms with Crippen LogP contribution in [0.25, 0.3) is 10.8 Å². The van der Waals surface area contributed by atoms with E-state index in [9.17, 15) is 35.8 Å². The number of hydrogen-bond acceptors (Lipinski definition) is 13. The molecule has 0 spiro atoms. The second-order valence-electron chi connectivity index (χ2n) is 12.6. The highest BCUT2D eigenvalue weighted by Crippen LogP contribution is 2.43. The zero-order valence-electron chi connectivity index (χ0n) is 30.6. The van der Waals surface area contributed by atoms with Crippen LogP contribution in [0.5, 0.6) is 11.5 Å². The van der Waals surface area contributed by atoms with Crippen LogP contribution in [0.3, 0.4) is 0 Å². The first-order chi connectivity index (χ1) is 27.0. The van der Waals surface area contributed by atoms with Crippen molar-refractivity contribution in [3.8, 4) is 11.5 Å². The summed E-state index contributed by atoms with van der Waals surface area (Å²) in [5, 5.41) is 39.4. The monoisotopic (exact) mass is 807 g/mol. The Bertz CT molecular complexity index is 2880. The maximum atomic E-state index is 12.7. The Morgan fingerprint density at radius 3 is 1.84 bits per heavy atom. The van der Waals surface area contributed by atoms with Gasteiger partial charge >= 0.3 is 0 Å². The molecule has 16 nitrogen and oxygen atoms in total. The van der Waals surface area contributed by atoms with E-state index in [1.165, 1.54) is 37.4 Å². The average Bonchev–Trinajstić information content (AvgIpc) is 3.17. The summed E-state index contributed by atoms with van der Waals surface area (Å²) >= 11 is 0. The Hall–Kier alpha value is -6.73. The predicted octanol–water partition coefficient (Wildman–Crippen LogP) is 10.5. The van der Waals surface area contributed by atoms with Crippen LogP contribution < -0.4 is 10.1 Å². The number of nitrogens with zero attached hydrogens (tertiary/aromatic N) is 6. The molecule has 0 fully saturated rings. The van der Waals surface area contributed by atoms with Gasteiger partial charge in [0.1, 0.15) is 26.9 Å². The number of carbonyl (C=O) groups excluding carboxylic acids is 1. The number of benzene rings is 6. The van der Waals surface area contributed by atoms with E-state index in [1.807, 2.05) is 0 Å². The van der Waals surface area contributed by atoms with Crippen molar-refractivity contribution in [3.05, 3.63) is 125 Å². The van der Waals surface area contributed by atoms with Crippen LogP contribution >= 0.6 is 0 Å². The third-order valence-corrected chi connectivity index (χ3v) is 10.3. The first kappa shape index (κ1) is 39.9. The van der Waals surface area contributed by atoms with Crippen molar-refractivity contribution in [2.24, 2.45) is 30.7 Å². The fourth-order valence-electron chi connectivity index (χ4n) is 5.56. The standard InChI is InChI=1S/C39H33N7O9S2/c1-22-16-28(11-14-31(22)42-43-32-15-12-29(55-4)21-35(32)56(49,50)51)41-44-33-17-24(3)34(18-23(33)2)45-46-37-36(57(52,53)54)20-26-19-27(10-13-30(26)38(37)47)40-39(48)25-8-6-5-7-9-25/h5-21,47H,1-4H3,(H,40,48)(H,49,50,51)(H,52,53,54). The van der Waals surface area contributed by atoms with Gasteiger partial charge in [-0.2, -0.15) is 37.3 Å². The van der Waals surface area contributed by atoms with Crippen LogP contribution in [0.2, 0.25) is 0 Å². The molecule has 6 rings (SSSR count). The molecule has 18 heteroatoms. The summed E-state index contributed by atoms with van der Waals surface area (Å²) < 4.78 is 73.4. The average molecular weight is 808 g/mol. The zero-order valence-corrected chi connectivity index (χ0v) is 32.2. The number of hydrogen-bond donors (Lipinski definition) is 4. The molecule has 0 aliphatic carbocycles. The topological polar surface area (TPSA) is 241 Å². The maximum absolute atomic E-state index is 12.7. The van der Waals surface area contributed by atoms with Gasteiger partial charge in [0.25, 0.3) is 26.1 Å². The van der Waals surface area contributed by atoms with Gasteiger partial charge in [0.15, 0.2) is 5.75 Å². The van der Waals surface area contributed by atoms with E-state index in [2.05, 4.69) is 36.0 Å². The van der Waals surface area contributed by atoms with Crippen LogP contribution in [0.15, 0.2) is 144 Å². The Kier molecular flexibility index (Phi) is 11.3. The SMILES string of the molecule is COc1ccc(N=Nc2ccc(N=Nc3cc(C)c(N=Nc4c(S(=O)(=O)O)cc5cc(NC(=O)c6ccccc6)ccc5c4O)cc3C)cc2C)c(S(=O)(=O)O)c1. The fourth-order valence-corrected chi connectivity index (χ4v) is 6.86. The summed E-state index contributed by atoms with van der Waals surface area (Å²) in [7, 11) is -8.13. The molecule has 0 saturated heterocycles. The van der Waals surface area contributed by atoms with Crippen molar-refractivity contribution in [1.82, 2.24) is 0 Å². The summed E-state index contributed by atoms with van der Waals surface area (Å²) in [5.74, 6) is -0.720. The van der Waals surface area contributed by atoms with Crippen LogP contribution in [0.4, 0.5) is 39.8 Å². The molecule has 0 radical (unpaired) electrons. The molecule has 1 amide bonds. The molecule has 6 aromatic carbocycles. The molecule has 0 aliphatic heterocycles. The van der Waals surface area contributed by atoms with E-state index < -0.39 is 47.4 Å². The van der Waals surface area contributed by atoms with E-state index >= 15 is 0 Å². The fraction of sp³-hybridized carbons (Fsp3) is 0.103. The molecule has 0 heterocycles. The molecule has 4 N–H and O–H groups in total. The van der Waals surface area contributed by atoms with Crippen LogP contribution in [-0.2, 0) is 20.2 Å². The molecule has 0 unspecified atom stereocenters. The number of aryl methyl sites for hydroxylation is 3. The number of phenols is 1. The molecular weight excluding hydrogens is 775 g/mol. The number of carbonyl (C=O) groups is 1. The maximum Gasteiger partial charge on any atom is 0.296 e. The van der Waals surface area contributed by atoms with E-state index in [1.54, 1.807) is 81.4 Å². The normalized spacial score (nSPS) is 12.2. The largest absolute Gasteiger partial charge is 0.505 e. The van der Waals surface area contributed by atoms with Gasteiger partial charge in [-0.25, -0.2) is 0 Å². The van der Waals surface area contributed by atoms with E-state index in [-0.39, 0.29) is 22.2 Å². The van der Waals surface area contributed by atoms with Gasteiger partial charge in [0.05, 0.1) is 29.9 Å². The summed E-state index contributed by atoms with van der Waals surface area (Å²) in [6, 6.07) is 26.4. The summed E-state index contributed by atoms with van der Waals surface area (Å²) in [4.78, 5) is 11.5. The number of fused-ring (bicyclic) bond motifs is 1. The zero-order chi connectivity index (χ0) is 41.1. The Labute approximate surface area is 326 Å². The summed E-state index contributed by atoms with van der Waals surface area (Å²) in [6.07, 6.45) is 0. The number of amides is 1. The van der Waals surface area contributed by atoms with Crippen LogP contribution in [0.1, 0.15) is 27.0 Å². The molecule has 0 atom stereocenters. The molecule has 0 aliphatic rings. The molecule has 290 valence electrons. The minimum Gasteiger partial charge on any atom is -0.505 e. The number of aromatic hydroxyl groups is 1. The van der Waals surface area contributed by atoms with E-state index in [0.29, 0.717) is 50.7 Å². The third-order valence-electron chi connectivity index (χ3n) is 8.56. The van der Waals surface area contributed by atoms with E-state index in [4.69, 9.17) is 4.74 Å². The van der Waals surface area contributed by atoms with Crippen molar-refractivity contribution < 1.29 is 40.6 Å². The quantitative estimate of drug-likeness (QED) is 0.0717. The van der Waals surface area contributed by atoms with Crippen molar-refractivity contribution >= 4 is 76.7 Å². The lowest BCUT2D eigenvalue weighted by molar-refractivity contribution is 0.102. The number of anilines is 1. The van der Waals surface area contributed by atoms with Gasteiger partial charge in [0.2, 0.25) is 0 Å². The second-order valence-corrected chi connectivity index (χ2v) is 15.4. The molecule has 6 aromatic rings. The molecule has 0 saturated carbocycles. The predicted molar refractivity (Wildman–Crippen MR) is 212 cm³/mol. The van der Waals surface area contributed by atoms with Gasteiger partial charge in [-0.15, -0.1) is 10.2 Å². The van der Waals surface area contributed by atoms with Gasteiger partial charge in [-0.3, -0.25) is 13.9 Å². The van der Waals surface area contributed by atoms with Gasteiger partial charge < -0.3 is 15.2 Å². The summed E-state index contributed by atoms with van der Waals surface area (Å²) in [5.41, 5.74) is 3.76. The minimum absolute atomic E-state index is 0.0792. The number of methoxy groups -OCH3 is 1. The molecule has 0 aromatic heterocycles. The van der Waals surface area contributed by atoms with Gasteiger partial charge in [-0.05, 0) is 122 Å². The molecular formula is C39H33N7O9S2. The van der Waals surface area contributed by atoms with Crippen molar-refractivity contribution in [1.29, 1.82) is 0 Å². The van der Waals surface area contributed by atoms with E-state index in [0.717, 1.165) is 12.1 Å². The van der Waals surface area contributed by atoms with Crippen molar-refractivity contribution in [2.45, 2.75) is 30.6 Å². The first-order valence-electron chi connectivity index (χ1n) is 16.8. The van der Waals surface area contributed by atoms with Crippen LogP contribution in [-0.4, -0.2) is 44.1 Å². The number of azo groups is 3. The van der Waals surface area contributed by atoms with Gasteiger partial charge in [0, 0.05) is 22.7 Å². The summed E-state index contributed by atoms with van der Waals surface area (Å²) in [6.45, 7) is 5.24. The minimum atomic E-state index is -4.90. The van der Waals surface area contributed by atoms with Gasteiger partial charge in [-0.1, -0.05) is 18.2 Å². The highest BCUT2D eigenvalue weighted by Gasteiger charge is 2.23. The highest BCUT2D eigenvalue weighted by molar-refractivity contribution is 7.86. The lowest BCUT2D eigenvalue weighted by Gasteiger charge is -2.11. The highest BCUT2D eigenvalue weighted by atomic mass is 32.2. The van der Waals surface area contributed by atoms with Crippen molar-refractivity contribution in [2.75, 3.05) is 12.4 Å². The smallest absolute Gasteiger partial charge is 0.296 e. The number of nitrogens with one attached hydrogen (secondary N) is 1. The number of phenolic OH excluding ortho intramolecular Hbond substituents is 1. The second kappa shape index (κ2) is 16.2. The van der Waals surface area contributed by atoms with Crippen LogP contribution in [0, 0.1) is 20.8 Å². The molecule has 0 bridgehead atoms. The lowest BCUT2D eigenvalue weighted by atomic mass is 10.1.